The fourth-order valence-corrected chi connectivity index (χ4v) is 2.38. The first-order chi connectivity index (χ1) is 7.24. The SMILES string of the molecule is Clc1cccc(Sc2ccc(Br)cn2)c1. The molecule has 0 aliphatic rings. The number of hydrogen-bond acceptors (Lipinski definition) is 2. The summed E-state index contributed by atoms with van der Waals surface area (Å²) in [6.07, 6.45) is 1.78. The van der Waals surface area contributed by atoms with Gasteiger partial charge in [0.2, 0.25) is 0 Å². The molecule has 1 aromatic heterocycles. The highest BCUT2D eigenvalue weighted by Crippen LogP contribution is 2.28. The van der Waals surface area contributed by atoms with Crippen molar-refractivity contribution in [3.8, 4) is 0 Å². The molecule has 76 valence electrons. The van der Waals surface area contributed by atoms with E-state index in [0.717, 1.165) is 19.4 Å². The minimum atomic E-state index is 0.747. The average molecular weight is 301 g/mol. The Labute approximate surface area is 106 Å². The van der Waals surface area contributed by atoms with Crippen molar-refractivity contribution in [3.63, 3.8) is 0 Å². The van der Waals surface area contributed by atoms with Crippen molar-refractivity contribution >= 4 is 39.3 Å². The summed E-state index contributed by atoms with van der Waals surface area (Å²) < 4.78 is 0.984. The van der Waals surface area contributed by atoms with Crippen LogP contribution in [0.1, 0.15) is 0 Å². The van der Waals surface area contributed by atoms with Crippen molar-refractivity contribution in [2.24, 2.45) is 0 Å². The van der Waals surface area contributed by atoms with Gasteiger partial charge in [0.05, 0.1) is 0 Å². The molecule has 0 N–H and O–H groups in total. The molecule has 2 aromatic rings. The maximum Gasteiger partial charge on any atom is 0.101 e. The maximum absolute atomic E-state index is 5.90. The third-order valence-electron chi connectivity index (χ3n) is 1.72. The minimum absolute atomic E-state index is 0.747. The number of rotatable bonds is 2. The molecule has 0 radical (unpaired) electrons. The van der Waals surface area contributed by atoms with Gasteiger partial charge in [-0.15, -0.1) is 0 Å². The second kappa shape index (κ2) is 5.01. The smallest absolute Gasteiger partial charge is 0.101 e. The number of hydrogen-bond donors (Lipinski definition) is 0. The lowest BCUT2D eigenvalue weighted by Crippen LogP contribution is -1.78. The molecule has 0 aliphatic carbocycles. The van der Waals surface area contributed by atoms with Crippen LogP contribution >= 0.6 is 39.3 Å². The molecule has 2 rings (SSSR count). The van der Waals surface area contributed by atoms with Crippen LogP contribution in [0.5, 0.6) is 0 Å². The van der Waals surface area contributed by atoms with Gasteiger partial charge in [-0.3, -0.25) is 0 Å². The molecule has 0 saturated heterocycles. The molecule has 0 spiro atoms. The van der Waals surface area contributed by atoms with Crippen LogP contribution in [0.25, 0.3) is 0 Å². The zero-order chi connectivity index (χ0) is 10.7. The van der Waals surface area contributed by atoms with E-state index in [4.69, 9.17) is 11.6 Å². The second-order valence-electron chi connectivity index (χ2n) is 2.87. The van der Waals surface area contributed by atoms with Crippen molar-refractivity contribution in [1.82, 2.24) is 4.98 Å². The lowest BCUT2D eigenvalue weighted by molar-refractivity contribution is 1.12. The van der Waals surface area contributed by atoms with E-state index < -0.39 is 0 Å². The van der Waals surface area contributed by atoms with E-state index in [9.17, 15) is 0 Å². The van der Waals surface area contributed by atoms with Crippen LogP contribution in [0.4, 0.5) is 0 Å². The van der Waals surface area contributed by atoms with Crippen molar-refractivity contribution in [2.45, 2.75) is 9.92 Å². The lowest BCUT2D eigenvalue weighted by atomic mass is 10.4. The highest BCUT2D eigenvalue weighted by Gasteiger charge is 1.99. The van der Waals surface area contributed by atoms with Crippen LogP contribution < -0.4 is 0 Å². The Morgan fingerprint density at radius 1 is 1.20 bits per heavy atom. The normalized spacial score (nSPS) is 10.3. The minimum Gasteiger partial charge on any atom is -0.248 e. The van der Waals surface area contributed by atoms with Gasteiger partial charge in [0, 0.05) is 20.6 Å². The second-order valence-corrected chi connectivity index (χ2v) is 5.32. The first-order valence-electron chi connectivity index (χ1n) is 4.29. The molecule has 0 atom stereocenters. The van der Waals surface area contributed by atoms with E-state index in [2.05, 4.69) is 20.9 Å². The van der Waals surface area contributed by atoms with E-state index in [1.54, 1.807) is 18.0 Å². The van der Waals surface area contributed by atoms with Gasteiger partial charge in [-0.05, 0) is 46.3 Å². The van der Waals surface area contributed by atoms with Crippen LogP contribution in [-0.2, 0) is 0 Å². The molecular formula is C11H7BrClNS. The summed E-state index contributed by atoms with van der Waals surface area (Å²) in [7, 11) is 0. The van der Waals surface area contributed by atoms with Crippen LogP contribution in [0.2, 0.25) is 5.02 Å². The van der Waals surface area contributed by atoms with Crippen LogP contribution in [0.15, 0.2) is 57.0 Å². The molecule has 0 fully saturated rings. The van der Waals surface area contributed by atoms with Gasteiger partial charge in [0.25, 0.3) is 0 Å². The van der Waals surface area contributed by atoms with Crippen LogP contribution in [0.3, 0.4) is 0 Å². The molecule has 0 bridgehead atoms. The first kappa shape index (κ1) is 11.0. The number of aromatic nitrogens is 1. The number of pyridine rings is 1. The molecular weight excluding hydrogens is 294 g/mol. The van der Waals surface area contributed by atoms with Crippen molar-refractivity contribution < 1.29 is 0 Å². The van der Waals surface area contributed by atoms with Crippen LogP contribution in [-0.4, -0.2) is 4.98 Å². The third-order valence-corrected chi connectivity index (χ3v) is 3.36. The lowest BCUT2D eigenvalue weighted by Gasteiger charge is -2.00. The summed E-state index contributed by atoms with van der Waals surface area (Å²) in [5.74, 6) is 0. The highest BCUT2D eigenvalue weighted by atomic mass is 79.9. The molecule has 0 saturated carbocycles. The molecule has 0 aliphatic heterocycles. The van der Waals surface area contributed by atoms with Gasteiger partial charge < -0.3 is 0 Å². The summed E-state index contributed by atoms with van der Waals surface area (Å²) in [6.45, 7) is 0. The van der Waals surface area contributed by atoms with Crippen molar-refractivity contribution in [1.29, 1.82) is 0 Å². The Bertz CT molecular complexity index is 458. The molecule has 1 heterocycles. The van der Waals surface area contributed by atoms with Gasteiger partial charge in [-0.2, -0.15) is 0 Å². The quantitative estimate of drug-likeness (QED) is 0.801. The predicted octanol–water partition coefficient (Wildman–Crippen LogP) is 4.65. The predicted molar refractivity (Wildman–Crippen MR) is 67.5 cm³/mol. The Balaban J connectivity index is 2.18. The fourth-order valence-electron chi connectivity index (χ4n) is 1.07. The Hall–Kier alpha value is -0.510. The Morgan fingerprint density at radius 3 is 2.73 bits per heavy atom. The third kappa shape index (κ3) is 3.23. The fraction of sp³-hybridized carbons (Fsp3) is 0. The Morgan fingerprint density at radius 2 is 2.07 bits per heavy atom. The average Bonchev–Trinajstić information content (AvgIpc) is 2.22. The van der Waals surface area contributed by atoms with Gasteiger partial charge in [-0.25, -0.2) is 4.98 Å². The van der Waals surface area contributed by atoms with Gasteiger partial charge in [0.1, 0.15) is 5.03 Å². The summed E-state index contributed by atoms with van der Waals surface area (Å²) in [4.78, 5) is 5.37. The monoisotopic (exact) mass is 299 g/mol. The number of benzene rings is 1. The van der Waals surface area contributed by atoms with Crippen molar-refractivity contribution in [2.75, 3.05) is 0 Å². The standard InChI is InChI=1S/C11H7BrClNS/c12-8-4-5-11(14-7-8)15-10-3-1-2-9(13)6-10/h1-7H. The molecule has 0 amide bonds. The van der Waals surface area contributed by atoms with Gasteiger partial charge >= 0.3 is 0 Å². The molecule has 1 nitrogen and oxygen atoms in total. The molecule has 1 aromatic carbocycles. The van der Waals surface area contributed by atoms with Gasteiger partial charge in [0.15, 0.2) is 0 Å². The largest absolute Gasteiger partial charge is 0.248 e. The van der Waals surface area contributed by atoms with E-state index >= 15 is 0 Å². The highest BCUT2D eigenvalue weighted by molar-refractivity contribution is 9.10. The Kier molecular flexibility index (Phi) is 3.67. The molecule has 0 unspecified atom stereocenters. The zero-order valence-corrected chi connectivity index (χ0v) is 10.8. The van der Waals surface area contributed by atoms with Crippen LogP contribution in [0, 0.1) is 0 Å². The van der Waals surface area contributed by atoms with E-state index in [-0.39, 0.29) is 0 Å². The van der Waals surface area contributed by atoms with Crippen molar-refractivity contribution in [3.05, 3.63) is 52.1 Å². The summed E-state index contributed by atoms with van der Waals surface area (Å²) >= 11 is 10.8. The first-order valence-corrected chi connectivity index (χ1v) is 6.28. The molecule has 4 heteroatoms. The number of nitrogens with zero attached hydrogens (tertiary/aromatic N) is 1. The van der Waals surface area contributed by atoms with E-state index in [0.29, 0.717) is 0 Å². The van der Waals surface area contributed by atoms with Gasteiger partial charge in [-0.1, -0.05) is 29.4 Å². The summed E-state index contributed by atoms with van der Waals surface area (Å²) in [6, 6.07) is 11.7. The molecule has 15 heavy (non-hydrogen) atoms. The topological polar surface area (TPSA) is 12.9 Å². The summed E-state index contributed by atoms with van der Waals surface area (Å²) in [5.41, 5.74) is 0. The van der Waals surface area contributed by atoms with E-state index in [1.807, 2.05) is 36.4 Å². The maximum atomic E-state index is 5.90. The van der Waals surface area contributed by atoms with E-state index in [1.165, 1.54) is 0 Å². The summed E-state index contributed by atoms with van der Waals surface area (Å²) in [5, 5.41) is 1.71. The zero-order valence-electron chi connectivity index (χ0n) is 7.65. The number of halogens is 2.